The number of nitrogens with zero attached hydrogens (tertiary/aromatic N) is 1. The number of carbonyl (C=O) groups excluding carboxylic acids is 2. The highest BCUT2D eigenvalue weighted by atomic mass is 16.3. The van der Waals surface area contributed by atoms with Crippen LogP contribution in [0.15, 0.2) is 41.7 Å². The molecule has 1 aromatic carbocycles. The van der Waals surface area contributed by atoms with Crippen LogP contribution in [-0.2, 0) is 9.59 Å². The smallest absolute Gasteiger partial charge is 0.290 e. The predicted molar refractivity (Wildman–Crippen MR) is 76.1 cm³/mol. The topological polar surface area (TPSA) is 57.6 Å². The van der Waals surface area contributed by atoms with Gasteiger partial charge >= 0.3 is 0 Å². The van der Waals surface area contributed by atoms with Crippen LogP contribution in [0.1, 0.15) is 38.3 Å². The van der Waals surface area contributed by atoms with Crippen LogP contribution in [0.3, 0.4) is 0 Å². The average molecular weight is 273 g/mol. The molecule has 1 heterocycles. The zero-order valence-corrected chi connectivity index (χ0v) is 11.8. The molecule has 0 fully saturated rings. The lowest BCUT2D eigenvalue weighted by molar-refractivity contribution is -0.129. The molecule has 0 radical (unpaired) electrons. The molecule has 0 bridgehead atoms. The highest BCUT2D eigenvalue weighted by molar-refractivity contribution is 6.08. The van der Waals surface area contributed by atoms with Crippen LogP contribution in [-0.4, -0.2) is 28.2 Å². The number of carbonyl (C=O) groups is 2. The van der Waals surface area contributed by atoms with Crippen molar-refractivity contribution in [1.82, 2.24) is 4.90 Å². The normalized spacial score (nSPS) is 18.8. The van der Waals surface area contributed by atoms with Gasteiger partial charge in [-0.1, -0.05) is 43.7 Å². The largest absolute Gasteiger partial charge is 0.503 e. The Hall–Kier alpha value is -2.10. The molecule has 1 N–H and O–H groups in total. The minimum absolute atomic E-state index is 0.206. The van der Waals surface area contributed by atoms with Gasteiger partial charge in [-0.05, 0) is 18.9 Å². The van der Waals surface area contributed by atoms with Crippen molar-refractivity contribution in [1.29, 1.82) is 0 Å². The van der Waals surface area contributed by atoms with E-state index in [1.54, 1.807) is 4.90 Å². The molecule has 4 heteroatoms. The van der Waals surface area contributed by atoms with Crippen molar-refractivity contribution < 1.29 is 14.7 Å². The Kier molecular flexibility index (Phi) is 4.23. The number of ketones is 1. The zero-order valence-electron chi connectivity index (χ0n) is 11.8. The Balaban J connectivity index is 2.45. The van der Waals surface area contributed by atoms with E-state index in [0.717, 1.165) is 18.4 Å². The monoisotopic (exact) mass is 273 g/mol. The number of benzene rings is 1. The Bertz CT molecular complexity index is 548. The molecular formula is C16H19NO3. The summed E-state index contributed by atoms with van der Waals surface area (Å²) in [4.78, 5) is 25.6. The molecule has 2 rings (SSSR count). The van der Waals surface area contributed by atoms with E-state index in [2.05, 4.69) is 0 Å². The number of hydrogen-bond acceptors (Lipinski definition) is 3. The number of amides is 1. The lowest BCUT2D eigenvalue weighted by Gasteiger charge is -2.26. The van der Waals surface area contributed by atoms with Gasteiger partial charge in [0, 0.05) is 6.54 Å². The number of unbranched alkanes of at least 4 members (excludes halogenated alkanes) is 1. The van der Waals surface area contributed by atoms with Crippen molar-refractivity contribution in [2.75, 3.05) is 6.54 Å². The highest BCUT2D eigenvalue weighted by Crippen LogP contribution is 2.37. The van der Waals surface area contributed by atoms with Crippen LogP contribution >= 0.6 is 0 Å². The third-order valence-corrected chi connectivity index (χ3v) is 3.55. The maximum atomic E-state index is 12.2. The summed E-state index contributed by atoms with van der Waals surface area (Å²) < 4.78 is 0. The Morgan fingerprint density at radius 2 is 1.95 bits per heavy atom. The quantitative estimate of drug-likeness (QED) is 0.897. The maximum Gasteiger partial charge on any atom is 0.290 e. The summed E-state index contributed by atoms with van der Waals surface area (Å²) in [7, 11) is 0. The zero-order chi connectivity index (χ0) is 14.7. The van der Waals surface area contributed by atoms with E-state index in [1.807, 2.05) is 37.3 Å². The van der Waals surface area contributed by atoms with Gasteiger partial charge < -0.3 is 10.0 Å². The molecule has 0 aliphatic carbocycles. The van der Waals surface area contributed by atoms with Gasteiger partial charge in [0.2, 0.25) is 0 Å². The van der Waals surface area contributed by atoms with Crippen molar-refractivity contribution in [3.05, 3.63) is 47.2 Å². The fraction of sp³-hybridized carbons (Fsp3) is 0.375. The van der Waals surface area contributed by atoms with E-state index in [4.69, 9.17) is 0 Å². The summed E-state index contributed by atoms with van der Waals surface area (Å²) >= 11 is 0. The molecule has 4 nitrogen and oxygen atoms in total. The summed E-state index contributed by atoms with van der Waals surface area (Å²) in [5.74, 6) is -1.11. The van der Waals surface area contributed by atoms with Crippen LogP contribution in [0.25, 0.3) is 0 Å². The van der Waals surface area contributed by atoms with Crippen molar-refractivity contribution in [2.45, 2.75) is 32.7 Å². The van der Waals surface area contributed by atoms with Gasteiger partial charge in [0.25, 0.3) is 5.91 Å². The molecule has 20 heavy (non-hydrogen) atoms. The average Bonchev–Trinajstić information content (AvgIpc) is 2.70. The van der Waals surface area contributed by atoms with Gasteiger partial charge in [0.05, 0.1) is 11.6 Å². The van der Waals surface area contributed by atoms with Crippen LogP contribution < -0.4 is 0 Å². The van der Waals surface area contributed by atoms with E-state index in [0.29, 0.717) is 6.54 Å². The van der Waals surface area contributed by atoms with Gasteiger partial charge in [-0.25, -0.2) is 0 Å². The van der Waals surface area contributed by atoms with Gasteiger partial charge in [-0.15, -0.1) is 0 Å². The lowest BCUT2D eigenvalue weighted by Crippen LogP contribution is -2.31. The number of aliphatic hydroxyl groups excluding tert-OH is 1. The van der Waals surface area contributed by atoms with E-state index in [9.17, 15) is 14.7 Å². The van der Waals surface area contributed by atoms with Crippen molar-refractivity contribution in [3.8, 4) is 0 Å². The van der Waals surface area contributed by atoms with Crippen molar-refractivity contribution in [2.24, 2.45) is 0 Å². The van der Waals surface area contributed by atoms with Crippen LogP contribution in [0.2, 0.25) is 0 Å². The molecule has 0 spiro atoms. The van der Waals surface area contributed by atoms with Gasteiger partial charge in [-0.2, -0.15) is 0 Å². The van der Waals surface area contributed by atoms with E-state index in [-0.39, 0.29) is 11.4 Å². The molecule has 1 aromatic rings. The first kappa shape index (κ1) is 14.3. The van der Waals surface area contributed by atoms with Crippen LogP contribution in [0.5, 0.6) is 0 Å². The van der Waals surface area contributed by atoms with Crippen molar-refractivity contribution >= 4 is 11.7 Å². The lowest BCUT2D eigenvalue weighted by atomic mass is 9.97. The third-order valence-electron chi connectivity index (χ3n) is 3.55. The highest BCUT2D eigenvalue weighted by Gasteiger charge is 2.41. The standard InChI is InChI=1S/C16H19NO3/c1-3-4-10-17-14(12-8-6-5-7-9-12)13(11(2)18)15(19)16(17)20/h5-9,14,19H,3-4,10H2,1-2H3/t14-/m1/s1. The summed E-state index contributed by atoms with van der Waals surface area (Å²) in [6.45, 7) is 3.96. The maximum absolute atomic E-state index is 12.2. The SMILES string of the molecule is CCCCN1C(=O)C(O)=C(C(C)=O)[C@H]1c1ccccc1. The van der Waals surface area contributed by atoms with Crippen LogP contribution in [0, 0.1) is 0 Å². The number of aliphatic hydroxyl groups is 1. The Morgan fingerprint density at radius 1 is 1.30 bits per heavy atom. The van der Waals surface area contributed by atoms with E-state index in [1.165, 1.54) is 6.92 Å². The second-order valence-corrected chi connectivity index (χ2v) is 4.98. The van der Waals surface area contributed by atoms with E-state index < -0.39 is 17.7 Å². The molecule has 0 unspecified atom stereocenters. The van der Waals surface area contributed by atoms with Crippen LogP contribution in [0.4, 0.5) is 0 Å². The predicted octanol–water partition coefficient (Wildman–Crippen LogP) is 2.77. The Morgan fingerprint density at radius 3 is 2.50 bits per heavy atom. The molecule has 1 amide bonds. The Labute approximate surface area is 118 Å². The first-order valence-corrected chi connectivity index (χ1v) is 6.88. The molecule has 1 atom stereocenters. The van der Waals surface area contributed by atoms with Crippen molar-refractivity contribution in [3.63, 3.8) is 0 Å². The summed E-state index contributed by atoms with van der Waals surface area (Å²) in [6.07, 6.45) is 1.79. The number of rotatable bonds is 5. The van der Waals surface area contributed by atoms with Gasteiger partial charge in [0.1, 0.15) is 0 Å². The fourth-order valence-corrected chi connectivity index (χ4v) is 2.55. The molecule has 0 aromatic heterocycles. The molecule has 106 valence electrons. The number of Topliss-reactive ketones (excluding diaryl/α,β-unsaturated/α-hetero) is 1. The van der Waals surface area contributed by atoms with Gasteiger partial charge in [-0.3, -0.25) is 9.59 Å². The summed E-state index contributed by atoms with van der Waals surface area (Å²) in [5.41, 5.74) is 1.06. The molecule has 0 saturated heterocycles. The molecule has 0 saturated carbocycles. The fourth-order valence-electron chi connectivity index (χ4n) is 2.55. The molecule has 1 aliphatic rings. The second-order valence-electron chi connectivity index (χ2n) is 4.98. The summed E-state index contributed by atoms with van der Waals surface area (Å²) in [6, 6.07) is 8.90. The molecule has 1 aliphatic heterocycles. The number of hydrogen-bond donors (Lipinski definition) is 1. The second kappa shape index (κ2) is 5.90. The van der Waals surface area contributed by atoms with Gasteiger partial charge in [0.15, 0.2) is 11.5 Å². The molecular weight excluding hydrogens is 254 g/mol. The van der Waals surface area contributed by atoms with E-state index >= 15 is 0 Å². The summed E-state index contributed by atoms with van der Waals surface area (Å²) in [5, 5.41) is 10.00. The minimum Gasteiger partial charge on any atom is -0.503 e. The first-order chi connectivity index (χ1) is 9.57. The first-order valence-electron chi connectivity index (χ1n) is 6.88. The minimum atomic E-state index is -0.465. The third kappa shape index (κ3) is 2.46.